The monoisotopic (exact) mass is 496 g/mol. The number of nitrogens with one attached hydrogen (secondary N) is 4. The summed E-state index contributed by atoms with van der Waals surface area (Å²) < 4.78 is 39.9. The lowest BCUT2D eigenvalue weighted by Crippen LogP contribution is -2.57. The Morgan fingerprint density at radius 3 is 2.40 bits per heavy atom. The van der Waals surface area contributed by atoms with Crippen molar-refractivity contribution in [3.63, 3.8) is 0 Å². The molecule has 0 aromatic carbocycles. The largest absolute Gasteiger partial charge is 0.402 e. The summed E-state index contributed by atoms with van der Waals surface area (Å²) in [7, 11) is 0. The number of hydrogen-bond acceptors (Lipinski definition) is 6. The highest BCUT2D eigenvalue weighted by molar-refractivity contribution is 9.09. The first-order valence-corrected chi connectivity index (χ1v) is 11.8. The van der Waals surface area contributed by atoms with Gasteiger partial charge in [0.05, 0.1) is 30.2 Å². The molecule has 2 aliphatic carbocycles. The van der Waals surface area contributed by atoms with Crippen LogP contribution in [-0.4, -0.2) is 69.9 Å². The van der Waals surface area contributed by atoms with Crippen molar-refractivity contribution < 1.29 is 18.3 Å². The zero-order chi connectivity index (χ0) is 21.6. The molecule has 0 aromatic heterocycles. The summed E-state index contributed by atoms with van der Waals surface area (Å²) in [4.78, 5) is 0.449. The number of nitrogens with two attached hydrogens (primary N) is 1. The average Bonchev–Trinajstić information content (AvgIpc) is 3.20. The molecule has 2 saturated heterocycles. The van der Waals surface area contributed by atoms with Gasteiger partial charge in [0.15, 0.2) is 0 Å². The zero-order valence-corrected chi connectivity index (χ0v) is 18.4. The topological polar surface area (TPSA) is 109 Å². The van der Waals surface area contributed by atoms with Crippen LogP contribution in [0.2, 0.25) is 0 Å². The van der Waals surface area contributed by atoms with Gasteiger partial charge in [0.2, 0.25) is 0 Å². The number of nitrogens with zero attached hydrogens (tertiary/aromatic N) is 1. The van der Waals surface area contributed by atoms with Crippen LogP contribution in [0.4, 0.5) is 13.2 Å². The van der Waals surface area contributed by atoms with E-state index in [0.29, 0.717) is 11.2 Å². The van der Waals surface area contributed by atoms with Crippen LogP contribution in [0, 0.1) is 17.2 Å². The lowest BCUT2D eigenvalue weighted by atomic mass is 9.81. The van der Waals surface area contributed by atoms with E-state index in [-0.39, 0.29) is 35.8 Å². The number of aliphatic hydroxyl groups excluding tert-OH is 1. The number of alkyl halides is 4. The lowest BCUT2D eigenvalue weighted by Gasteiger charge is -2.32. The third kappa shape index (κ3) is 4.80. The number of hydrogen-bond donors (Lipinski definition) is 6. The molecular formula is C19H32BrF3N6O. The van der Waals surface area contributed by atoms with Crippen molar-refractivity contribution in [1.82, 2.24) is 21.1 Å². The highest BCUT2D eigenvalue weighted by Crippen LogP contribution is 2.37. The Morgan fingerprint density at radius 2 is 1.77 bits per heavy atom. The second-order valence-electron chi connectivity index (χ2n) is 9.38. The van der Waals surface area contributed by atoms with Crippen molar-refractivity contribution in [3.05, 3.63) is 0 Å². The zero-order valence-electron chi connectivity index (χ0n) is 16.8. The summed E-state index contributed by atoms with van der Waals surface area (Å²) in [5.74, 6) is 0.326. The van der Waals surface area contributed by atoms with Gasteiger partial charge in [-0.3, -0.25) is 16.0 Å². The Morgan fingerprint density at radius 1 is 1.10 bits per heavy atom. The first kappa shape index (κ1) is 22.7. The number of fused-ring (bicyclic) bond motifs is 1. The molecule has 7 unspecified atom stereocenters. The minimum absolute atomic E-state index is 0.00406. The second-order valence-corrected chi connectivity index (χ2v) is 10.7. The molecule has 2 saturated carbocycles. The summed E-state index contributed by atoms with van der Waals surface area (Å²) in [6, 6.07) is -0.942. The van der Waals surface area contributed by atoms with Gasteiger partial charge in [-0.1, -0.05) is 15.9 Å². The fourth-order valence-electron chi connectivity index (χ4n) is 5.84. The third-order valence-electron chi connectivity index (χ3n) is 7.37. The maximum atomic E-state index is 13.3. The van der Waals surface area contributed by atoms with E-state index in [0.717, 1.165) is 38.5 Å². The van der Waals surface area contributed by atoms with Crippen LogP contribution in [0.5, 0.6) is 0 Å². The van der Waals surface area contributed by atoms with Gasteiger partial charge < -0.3 is 10.8 Å². The van der Waals surface area contributed by atoms with E-state index >= 15 is 0 Å². The molecule has 0 spiro atoms. The first-order valence-electron chi connectivity index (χ1n) is 10.9. The average molecular weight is 497 g/mol. The van der Waals surface area contributed by atoms with Crippen LogP contribution in [0.1, 0.15) is 44.9 Å². The summed E-state index contributed by atoms with van der Waals surface area (Å²) in [5.41, 5.74) is 8.71. The Kier molecular flexibility index (Phi) is 6.68. The summed E-state index contributed by atoms with van der Waals surface area (Å²) in [6.45, 7) is -1.11. The Labute approximate surface area is 183 Å². The Balaban J connectivity index is 1.48. The van der Waals surface area contributed by atoms with Gasteiger partial charge >= 0.3 is 6.18 Å². The molecule has 7 N–H and O–H groups in total. The SMILES string of the molecule is N=C(N)C1CCC2NC(C3C(O)C(C4CCC(Br)CC4)NN3CC(F)(F)F)NC2C1. The van der Waals surface area contributed by atoms with Crippen molar-refractivity contribution >= 4 is 21.8 Å². The van der Waals surface area contributed by atoms with E-state index in [1.54, 1.807) is 0 Å². The molecular weight excluding hydrogens is 465 g/mol. The van der Waals surface area contributed by atoms with Crippen LogP contribution in [-0.2, 0) is 0 Å². The van der Waals surface area contributed by atoms with Crippen molar-refractivity contribution in [2.24, 2.45) is 17.6 Å². The smallest absolute Gasteiger partial charge is 0.390 e. The highest BCUT2D eigenvalue weighted by Gasteiger charge is 2.53. The van der Waals surface area contributed by atoms with E-state index < -0.39 is 31.0 Å². The van der Waals surface area contributed by atoms with E-state index in [9.17, 15) is 18.3 Å². The van der Waals surface area contributed by atoms with Crippen LogP contribution in [0.3, 0.4) is 0 Å². The maximum absolute atomic E-state index is 13.3. The van der Waals surface area contributed by atoms with Crippen molar-refractivity contribution in [3.8, 4) is 0 Å². The molecule has 0 amide bonds. The molecule has 7 nitrogen and oxygen atoms in total. The molecule has 30 heavy (non-hydrogen) atoms. The minimum atomic E-state index is -4.36. The molecule has 7 atom stereocenters. The number of rotatable bonds is 4. The molecule has 0 radical (unpaired) electrons. The Hall–Kier alpha value is -0.460. The van der Waals surface area contributed by atoms with E-state index in [4.69, 9.17) is 11.1 Å². The van der Waals surface area contributed by atoms with Gasteiger partial charge in [-0.25, -0.2) is 10.4 Å². The molecule has 4 fully saturated rings. The second kappa shape index (κ2) is 8.82. The summed E-state index contributed by atoms with van der Waals surface area (Å²) in [6.07, 6.45) is 0.289. The number of amidine groups is 1. The standard InChI is InChI=1S/C19H32BrF3N6O/c20-11-4-1-9(2-5-11)14-16(30)15(29(28-14)8-19(21,22)23)18-26-12-6-3-10(17(24)25)7-13(12)27-18/h9-16,18,26-28,30H,1-8H2,(H3,24,25). The van der Waals surface area contributed by atoms with E-state index in [1.807, 2.05) is 0 Å². The fraction of sp³-hybridized carbons (Fsp3) is 0.947. The van der Waals surface area contributed by atoms with E-state index in [2.05, 4.69) is 32.0 Å². The van der Waals surface area contributed by atoms with E-state index in [1.165, 1.54) is 5.01 Å². The molecule has 11 heteroatoms. The van der Waals surface area contributed by atoms with Gasteiger partial charge in [0, 0.05) is 22.8 Å². The quantitative estimate of drug-likeness (QED) is 0.199. The van der Waals surface area contributed by atoms with Crippen LogP contribution >= 0.6 is 15.9 Å². The fourth-order valence-corrected chi connectivity index (χ4v) is 6.37. The van der Waals surface area contributed by atoms with Gasteiger partial charge in [-0.05, 0) is 50.9 Å². The van der Waals surface area contributed by atoms with Crippen LogP contribution < -0.4 is 21.8 Å². The van der Waals surface area contributed by atoms with Crippen molar-refractivity contribution in [1.29, 1.82) is 5.41 Å². The molecule has 2 heterocycles. The summed E-state index contributed by atoms with van der Waals surface area (Å²) >= 11 is 3.62. The van der Waals surface area contributed by atoms with Gasteiger partial charge in [0.1, 0.15) is 6.54 Å². The third-order valence-corrected chi connectivity index (χ3v) is 8.29. The molecule has 0 bridgehead atoms. The highest BCUT2D eigenvalue weighted by atomic mass is 79.9. The summed E-state index contributed by atoms with van der Waals surface area (Å²) in [5, 5.41) is 26.9. The van der Waals surface area contributed by atoms with Gasteiger partial charge in [-0.2, -0.15) is 13.2 Å². The number of aliphatic hydroxyl groups is 1. The lowest BCUT2D eigenvalue weighted by molar-refractivity contribution is -0.157. The van der Waals surface area contributed by atoms with Crippen molar-refractivity contribution in [2.75, 3.05) is 6.54 Å². The van der Waals surface area contributed by atoms with Crippen LogP contribution in [0.25, 0.3) is 0 Å². The molecule has 2 aliphatic heterocycles. The maximum Gasteiger partial charge on any atom is 0.402 e. The minimum Gasteiger partial charge on any atom is -0.390 e. The predicted octanol–water partition coefficient (Wildman–Crippen LogP) is 1.41. The molecule has 172 valence electrons. The Bertz CT molecular complexity index is 632. The van der Waals surface area contributed by atoms with Gasteiger partial charge in [-0.15, -0.1) is 0 Å². The number of hydrazine groups is 1. The molecule has 4 rings (SSSR count). The van der Waals surface area contributed by atoms with Crippen LogP contribution in [0.15, 0.2) is 0 Å². The normalized spacial score (nSPS) is 45.4. The number of halogens is 4. The van der Waals surface area contributed by atoms with Crippen molar-refractivity contribution in [2.45, 2.75) is 92.4 Å². The van der Waals surface area contributed by atoms with Gasteiger partial charge in [0.25, 0.3) is 0 Å². The molecule has 4 aliphatic rings. The molecule has 0 aromatic rings. The first-order chi connectivity index (χ1) is 14.1. The predicted molar refractivity (Wildman–Crippen MR) is 111 cm³/mol.